The number of rotatable bonds is 8. The summed E-state index contributed by atoms with van der Waals surface area (Å²) in [6.07, 6.45) is -4.35. The third kappa shape index (κ3) is 7.69. The Morgan fingerprint density at radius 2 is 1.56 bits per heavy atom. The first-order valence-corrected chi connectivity index (χ1v) is 8.77. The van der Waals surface area contributed by atoms with Gasteiger partial charge in [-0.15, -0.1) is 11.6 Å². The van der Waals surface area contributed by atoms with Crippen molar-refractivity contribution in [3.63, 3.8) is 0 Å². The number of nitrogens with one attached hydrogen (secondary N) is 1. The largest absolute Gasteiger partial charge is 0.463 e. The van der Waals surface area contributed by atoms with E-state index in [9.17, 15) is 19.2 Å². The number of hydrogen-bond donors (Lipinski definition) is 1. The van der Waals surface area contributed by atoms with Gasteiger partial charge in [0, 0.05) is 33.6 Å². The number of halogens is 1. The smallest absolute Gasteiger partial charge is 0.303 e. The van der Waals surface area contributed by atoms with Crippen molar-refractivity contribution in [1.82, 2.24) is 5.32 Å². The summed E-state index contributed by atoms with van der Waals surface area (Å²) in [5, 5.41) is 2.58. The minimum atomic E-state index is -1.14. The normalized spacial score (nSPS) is 27.4. The first-order chi connectivity index (χ1) is 12.6. The summed E-state index contributed by atoms with van der Waals surface area (Å²) in [6.45, 7) is 4.59. The van der Waals surface area contributed by atoms with Crippen molar-refractivity contribution in [1.29, 1.82) is 0 Å². The third-order valence-electron chi connectivity index (χ3n) is 3.43. The summed E-state index contributed by atoms with van der Waals surface area (Å²) >= 11 is 5.64. The molecule has 0 aromatic heterocycles. The zero-order valence-corrected chi connectivity index (χ0v) is 16.3. The monoisotopic (exact) mass is 409 g/mol. The van der Waals surface area contributed by atoms with Gasteiger partial charge in [-0.2, -0.15) is 0 Å². The van der Waals surface area contributed by atoms with E-state index in [0.717, 1.165) is 6.92 Å². The summed E-state index contributed by atoms with van der Waals surface area (Å²) in [4.78, 5) is 45.9. The quantitative estimate of drug-likeness (QED) is 0.332. The maximum atomic E-state index is 11.6. The molecule has 0 spiro atoms. The van der Waals surface area contributed by atoms with Crippen molar-refractivity contribution in [3.8, 4) is 0 Å². The number of amides is 1. The zero-order valence-electron chi connectivity index (χ0n) is 15.6. The SMILES string of the molecule is CC(=O)N[C@H]1[C@H](OCCCl)O[C@H](COC(C)=O)[C@@H](OC(C)=O)[C@@H]1OC(C)=O. The summed E-state index contributed by atoms with van der Waals surface area (Å²) in [7, 11) is 0. The molecular weight excluding hydrogens is 386 g/mol. The summed E-state index contributed by atoms with van der Waals surface area (Å²) in [6, 6.07) is -0.979. The van der Waals surface area contributed by atoms with Gasteiger partial charge in [-0.25, -0.2) is 0 Å². The second-order valence-electron chi connectivity index (χ2n) is 5.78. The van der Waals surface area contributed by atoms with Crippen LogP contribution >= 0.6 is 11.6 Å². The minimum absolute atomic E-state index is 0.0770. The first kappa shape index (κ1) is 23.1. The fraction of sp³-hybridized carbons (Fsp3) is 0.750. The van der Waals surface area contributed by atoms with E-state index in [1.54, 1.807) is 0 Å². The molecule has 1 aliphatic heterocycles. The van der Waals surface area contributed by atoms with Gasteiger partial charge in [0.1, 0.15) is 18.8 Å². The average molecular weight is 410 g/mol. The van der Waals surface area contributed by atoms with E-state index in [1.807, 2.05) is 0 Å². The molecule has 0 unspecified atom stereocenters. The Labute approximate surface area is 161 Å². The van der Waals surface area contributed by atoms with Crippen molar-refractivity contribution in [2.24, 2.45) is 0 Å². The molecule has 11 heteroatoms. The Bertz CT molecular complexity index is 556. The molecule has 0 aliphatic carbocycles. The van der Waals surface area contributed by atoms with E-state index in [1.165, 1.54) is 20.8 Å². The Balaban J connectivity index is 3.22. The van der Waals surface area contributed by atoms with E-state index in [0.29, 0.717) is 0 Å². The molecule has 1 aliphatic rings. The number of ether oxygens (including phenoxy) is 5. The summed E-state index contributed by atoms with van der Waals surface area (Å²) in [5.41, 5.74) is 0. The van der Waals surface area contributed by atoms with Crippen molar-refractivity contribution in [2.75, 3.05) is 19.1 Å². The van der Waals surface area contributed by atoms with Gasteiger partial charge >= 0.3 is 17.9 Å². The molecule has 0 saturated carbocycles. The number of esters is 3. The van der Waals surface area contributed by atoms with Crippen LogP contribution in [-0.4, -0.2) is 73.6 Å². The van der Waals surface area contributed by atoms with Crippen LogP contribution in [-0.2, 0) is 42.9 Å². The zero-order chi connectivity index (χ0) is 20.6. The Morgan fingerprint density at radius 3 is 2.04 bits per heavy atom. The maximum Gasteiger partial charge on any atom is 0.303 e. The van der Waals surface area contributed by atoms with Crippen LogP contribution < -0.4 is 5.32 Å². The molecule has 0 aromatic carbocycles. The second-order valence-corrected chi connectivity index (χ2v) is 6.16. The van der Waals surface area contributed by atoms with Crippen LogP contribution in [0.3, 0.4) is 0 Å². The number of carbonyl (C=O) groups is 4. The standard InChI is InChI=1S/C16H24ClNO9/c1-8(19)18-13-15(26-11(4)22)14(25-10(3)21)12(7-24-9(2)20)27-16(13)23-6-5-17/h12-16H,5-7H2,1-4H3,(H,18,19)/t12-,13-,14-,15-,16-/m1/s1. The Morgan fingerprint density at radius 1 is 0.963 bits per heavy atom. The van der Waals surface area contributed by atoms with Crippen LogP contribution in [0, 0.1) is 0 Å². The second kappa shape index (κ2) is 11.1. The molecule has 1 amide bonds. The van der Waals surface area contributed by atoms with Crippen LogP contribution in [0.25, 0.3) is 0 Å². The predicted octanol–water partition coefficient (Wildman–Crippen LogP) is -0.102. The third-order valence-corrected chi connectivity index (χ3v) is 3.58. The molecule has 1 heterocycles. The number of carbonyl (C=O) groups excluding carboxylic acids is 4. The lowest BCUT2D eigenvalue weighted by Gasteiger charge is -2.44. The van der Waals surface area contributed by atoms with Crippen molar-refractivity contribution in [3.05, 3.63) is 0 Å². The molecule has 5 atom stereocenters. The predicted molar refractivity (Wildman–Crippen MR) is 90.7 cm³/mol. The topological polar surface area (TPSA) is 126 Å². The van der Waals surface area contributed by atoms with Crippen molar-refractivity contribution in [2.45, 2.75) is 58.3 Å². The van der Waals surface area contributed by atoms with Crippen LogP contribution in [0.5, 0.6) is 0 Å². The Kier molecular flexibility index (Phi) is 9.47. The van der Waals surface area contributed by atoms with E-state index in [-0.39, 0.29) is 19.1 Å². The van der Waals surface area contributed by atoms with E-state index in [2.05, 4.69) is 5.32 Å². The van der Waals surface area contributed by atoms with E-state index in [4.69, 9.17) is 35.3 Å². The highest BCUT2D eigenvalue weighted by atomic mass is 35.5. The fourth-order valence-corrected chi connectivity index (χ4v) is 2.68. The van der Waals surface area contributed by atoms with Crippen LogP contribution in [0.2, 0.25) is 0 Å². The van der Waals surface area contributed by atoms with Gasteiger partial charge in [-0.1, -0.05) is 0 Å². The van der Waals surface area contributed by atoms with Gasteiger partial charge in [0.2, 0.25) is 5.91 Å². The lowest BCUT2D eigenvalue weighted by atomic mass is 9.96. The molecule has 1 N–H and O–H groups in total. The van der Waals surface area contributed by atoms with Crippen LogP contribution in [0.4, 0.5) is 0 Å². The molecule has 10 nitrogen and oxygen atoms in total. The van der Waals surface area contributed by atoms with Gasteiger partial charge in [-0.3, -0.25) is 19.2 Å². The van der Waals surface area contributed by atoms with Gasteiger partial charge in [0.15, 0.2) is 18.5 Å². The lowest BCUT2D eigenvalue weighted by molar-refractivity contribution is -0.276. The highest BCUT2D eigenvalue weighted by molar-refractivity contribution is 6.17. The molecule has 0 radical (unpaired) electrons. The van der Waals surface area contributed by atoms with Crippen molar-refractivity contribution >= 4 is 35.4 Å². The van der Waals surface area contributed by atoms with E-state index >= 15 is 0 Å². The first-order valence-electron chi connectivity index (χ1n) is 8.23. The number of alkyl halides is 1. The Hall–Kier alpha value is -1.91. The van der Waals surface area contributed by atoms with Gasteiger partial charge < -0.3 is 29.0 Å². The minimum Gasteiger partial charge on any atom is -0.463 e. The molecule has 1 fully saturated rings. The molecule has 1 saturated heterocycles. The fourth-order valence-electron chi connectivity index (χ4n) is 2.59. The van der Waals surface area contributed by atoms with Gasteiger partial charge in [0.05, 0.1) is 6.61 Å². The highest BCUT2D eigenvalue weighted by Crippen LogP contribution is 2.28. The summed E-state index contributed by atoms with van der Waals surface area (Å²) in [5.74, 6) is -2.22. The maximum absolute atomic E-state index is 11.6. The molecule has 0 aromatic rings. The number of hydrogen-bond acceptors (Lipinski definition) is 9. The molecule has 154 valence electrons. The average Bonchev–Trinajstić information content (AvgIpc) is 2.54. The van der Waals surface area contributed by atoms with Crippen LogP contribution in [0.1, 0.15) is 27.7 Å². The summed E-state index contributed by atoms with van der Waals surface area (Å²) < 4.78 is 26.7. The van der Waals surface area contributed by atoms with Gasteiger partial charge in [0.25, 0.3) is 0 Å². The van der Waals surface area contributed by atoms with Crippen LogP contribution in [0.15, 0.2) is 0 Å². The lowest BCUT2D eigenvalue weighted by Crippen LogP contribution is -2.66. The van der Waals surface area contributed by atoms with Crippen molar-refractivity contribution < 1.29 is 42.9 Å². The highest BCUT2D eigenvalue weighted by Gasteiger charge is 2.51. The molecule has 27 heavy (non-hydrogen) atoms. The van der Waals surface area contributed by atoms with E-state index < -0.39 is 54.5 Å². The molecule has 0 bridgehead atoms. The molecule has 1 rings (SSSR count). The molecular formula is C16H24ClNO9. The van der Waals surface area contributed by atoms with Gasteiger partial charge in [-0.05, 0) is 0 Å².